The smallest absolute Gasteiger partial charge is 0.142 e. The molecule has 0 amide bonds. The van der Waals surface area contributed by atoms with Crippen molar-refractivity contribution in [3.63, 3.8) is 0 Å². The van der Waals surface area contributed by atoms with E-state index in [0.29, 0.717) is 17.8 Å². The average Bonchev–Trinajstić information content (AvgIpc) is 2.55. The van der Waals surface area contributed by atoms with Gasteiger partial charge in [-0.3, -0.25) is 0 Å². The van der Waals surface area contributed by atoms with Gasteiger partial charge in [0.2, 0.25) is 0 Å². The van der Waals surface area contributed by atoms with Crippen LogP contribution in [0.15, 0.2) is 12.1 Å². The lowest BCUT2D eigenvalue weighted by Crippen LogP contribution is -2.54. The summed E-state index contributed by atoms with van der Waals surface area (Å²) in [6.07, 6.45) is 6.45. The lowest BCUT2D eigenvalue weighted by molar-refractivity contribution is 0.196. The zero-order chi connectivity index (χ0) is 19.1. The Morgan fingerprint density at radius 2 is 1.65 bits per heavy atom. The second-order valence-corrected chi connectivity index (χ2v) is 10.5. The molecule has 3 heteroatoms. The quantitative estimate of drug-likeness (QED) is 0.627. The monoisotopic (exact) mass is 358 g/mol. The van der Waals surface area contributed by atoms with E-state index in [1.165, 1.54) is 37.7 Å². The van der Waals surface area contributed by atoms with Gasteiger partial charge in [0, 0.05) is 17.6 Å². The molecule has 2 fully saturated rings. The molecule has 0 bridgehead atoms. The molecule has 0 aromatic heterocycles. The number of phenols is 1. The van der Waals surface area contributed by atoms with Crippen molar-refractivity contribution in [3.8, 4) is 5.75 Å². The second-order valence-electron chi connectivity index (χ2n) is 10.5. The molecule has 1 heterocycles. The molecule has 0 spiro atoms. The number of benzene rings is 1. The lowest BCUT2D eigenvalue weighted by Gasteiger charge is -2.43. The predicted octanol–water partition coefficient (Wildman–Crippen LogP) is 5.32. The van der Waals surface area contributed by atoms with Gasteiger partial charge in [-0.25, -0.2) is 0 Å². The molecule has 1 saturated heterocycles. The van der Waals surface area contributed by atoms with Gasteiger partial charge in [0.25, 0.3) is 0 Å². The third-order valence-corrected chi connectivity index (χ3v) is 6.29. The minimum atomic E-state index is -0.0834. The van der Waals surface area contributed by atoms with Gasteiger partial charge in [-0.15, -0.1) is 0 Å². The first kappa shape index (κ1) is 19.5. The van der Waals surface area contributed by atoms with E-state index in [4.69, 9.17) is 0 Å². The van der Waals surface area contributed by atoms with E-state index >= 15 is 0 Å². The molecule has 3 rings (SSSR count). The van der Waals surface area contributed by atoms with Gasteiger partial charge >= 0.3 is 0 Å². The Morgan fingerprint density at radius 3 is 2.31 bits per heavy atom. The maximum Gasteiger partial charge on any atom is 0.142 e. The van der Waals surface area contributed by atoms with Crippen LogP contribution in [-0.4, -0.2) is 23.7 Å². The van der Waals surface area contributed by atoms with Gasteiger partial charge < -0.3 is 15.7 Å². The molecular weight excluding hydrogens is 320 g/mol. The zero-order valence-electron chi connectivity index (χ0n) is 17.6. The molecular formula is C23H38N2O. The summed E-state index contributed by atoms with van der Waals surface area (Å²) in [4.78, 5) is 0. The van der Waals surface area contributed by atoms with Crippen molar-refractivity contribution in [2.75, 3.05) is 11.9 Å². The Hall–Kier alpha value is -1.22. The average molecular weight is 359 g/mol. The van der Waals surface area contributed by atoms with E-state index in [9.17, 15) is 5.11 Å². The Labute approximate surface area is 160 Å². The van der Waals surface area contributed by atoms with E-state index in [-0.39, 0.29) is 10.8 Å². The number of hydrogen-bond donors (Lipinski definition) is 3. The van der Waals surface area contributed by atoms with Crippen LogP contribution in [0.2, 0.25) is 0 Å². The number of anilines is 1. The van der Waals surface area contributed by atoms with Crippen LogP contribution in [0.5, 0.6) is 5.75 Å². The highest BCUT2D eigenvalue weighted by Gasteiger charge is 2.35. The van der Waals surface area contributed by atoms with Crippen LogP contribution in [0.4, 0.5) is 5.69 Å². The molecule has 1 aromatic rings. The van der Waals surface area contributed by atoms with E-state index < -0.39 is 0 Å². The first-order valence-corrected chi connectivity index (χ1v) is 10.5. The second kappa shape index (κ2) is 7.07. The van der Waals surface area contributed by atoms with Crippen molar-refractivity contribution >= 4 is 5.69 Å². The first-order chi connectivity index (χ1) is 12.1. The summed E-state index contributed by atoms with van der Waals surface area (Å²) in [5, 5.41) is 18.6. The molecule has 2 aliphatic rings. The predicted molar refractivity (Wildman–Crippen MR) is 111 cm³/mol. The Balaban J connectivity index is 1.95. The standard InChI is InChI=1S/C23H38N2O/c1-22(2,3)16-13-17(23(4,5)6)21(26)19(14-16)25-18-11-7-9-15-10-8-12-24-20(15)18/h13-15,18,20,24-26H,7-12H2,1-6H3. The van der Waals surface area contributed by atoms with Crippen molar-refractivity contribution < 1.29 is 5.11 Å². The maximum atomic E-state index is 11.1. The number of phenolic OH excluding ortho intramolecular Hbond substituents is 1. The van der Waals surface area contributed by atoms with Crippen LogP contribution in [0.25, 0.3) is 0 Å². The highest BCUT2D eigenvalue weighted by Crippen LogP contribution is 2.42. The minimum absolute atomic E-state index is 0.0579. The van der Waals surface area contributed by atoms with Gasteiger partial charge in [0.05, 0.1) is 5.69 Å². The highest BCUT2D eigenvalue weighted by atomic mass is 16.3. The van der Waals surface area contributed by atoms with Crippen LogP contribution in [0, 0.1) is 5.92 Å². The summed E-state index contributed by atoms with van der Waals surface area (Å²) in [5.74, 6) is 1.22. The summed E-state index contributed by atoms with van der Waals surface area (Å²) < 4.78 is 0. The summed E-state index contributed by atoms with van der Waals surface area (Å²) >= 11 is 0. The number of nitrogens with one attached hydrogen (secondary N) is 2. The van der Waals surface area contributed by atoms with Crippen molar-refractivity contribution in [2.45, 2.75) is 96.6 Å². The van der Waals surface area contributed by atoms with Gasteiger partial charge in [0.1, 0.15) is 5.75 Å². The Kier molecular flexibility index (Phi) is 5.31. The molecule has 1 saturated carbocycles. The summed E-state index contributed by atoms with van der Waals surface area (Å²) in [6.45, 7) is 14.4. The molecule has 1 aromatic carbocycles. The Morgan fingerprint density at radius 1 is 0.962 bits per heavy atom. The molecule has 0 radical (unpaired) electrons. The molecule has 26 heavy (non-hydrogen) atoms. The largest absolute Gasteiger partial charge is 0.505 e. The molecule has 3 nitrogen and oxygen atoms in total. The molecule has 1 aliphatic carbocycles. The van der Waals surface area contributed by atoms with Crippen molar-refractivity contribution in [2.24, 2.45) is 5.92 Å². The number of rotatable bonds is 2. The van der Waals surface area contributed by atoms with E-state index in [0.717, 1.165) is 23.7 Å². The van der Waals surface area contributed by atoms with Crippen LogP contribution in [0.1, 0.15) is 84.8 Å². The van der Waals surface area contributed by atoms with E-state index in [1.807, 2.05) is 0 Å². The highest BCUT2D eigenvalue weighted by molar-refractivity contribution is 5.64. The van der Waals surface area contributed by atoms with Gasteiger partial charge in [-0.1, -0.05) is 54.0 Å². The van der Waals surface area contributed by atoms with Crippen LogP contribution in [0.3, 0.4) is 0 Å². The molecule has 3 atom stereocenters. The minimum Gasteiger partial charge on any atom is -0.505 e. The first-order valence-electron chi connectivity index (χ1n) is 10.5. The van der Waals surface area contributed by atoms with Crippen molar-refractivity contribution in [3.05, 3.63) is 23.3 Å². The van der Waals surface area contributed by atoms with E-state index in [1.54, 1.807) is 0 Å². The van der Waals surface area contributed by atoms with Crippen LogP contribution in [-0.2, 0) is 10.8 Å². The van der Waals surface area contributed by atoms with E-state index in [2.05, 4.69) is 64.3 Å². The Bertz CT molecular complexity index is 637. The van der Waals surface area contributed by atoms with Crippen molar-refractivity contribution in [1.29, 1.82) is 0 Å². The normalized spacial score (nSPS) is 27.1. The fourth-order valence-corrected chi connectivity index (χ4v) is 4.66. The van der Waals surface area contributed by atoms with Crippen LogP contribution < -0.4 is 10.6 Å². The molecule has 146 valence electrons. The van der Waals surface area contributed by atoms with Gasteiger partial charge in [0.15, 0.2) is 0 Å². The third-order valence-electron chi connectivity index (χ3n) is 6.29. The topological polar surface area (TPSA) is 44.3 Å². The molecule has 3 N–H and O–H groups in total. The third kappa shape index (κ3) is 4.03. The summed E-state index contributed by atoms with van der Waals surface area (Å²) in [7, 11) is 0. The zero-order valence-corrected chi connectivity index (χ0v) is 17.6. The fourth-order valence-electron chi connectivity index (χ4n) is 4.66. The molecule has 3 unspecified atom stereocenters. The molecule has 1 aliphatic heterocycles. The number of aromatic hydroxyl groups is 1. The number of hydrogen-bond acceptors (Lipinski definition) is 3. The van der Waals surface area contributed by atoms with Crippen molar-refractivity contribution in [1.82, 2.24) is 5.32 Å². The van der Waals surface area contributed by atoms with Gasteiger partial charge in [-0.2, -0.15) is 0 Å². The maximum absolute atomic E-state index is 11.1. The number of fused-ring (bicyclic) bond motifs is 1. The fraction of sp³-hybridized carbons (Fsp3) is 0.739. The summed E-state index contributed by atoms with van der Waals surface area (Å²) in [5.41, 5.74) is 3.21. The summed E-state index contributed by atoms with van der Waals surface area (Å²) in [6, 6.07) is 5.32. The van der Waals surface area contributed by atoms with Crippen LogP contribution >= 0.6 is 0 Å². The van der Waals surface area contributed by atoms with Gasteiger partial charge in [-0.05, 0) is 60.6 Å². The lowest BCUT2D eigenvalue weighted by atomic mass is 9.76. The number of piperidine rings is 1. The SMILES string of the molecule is CC(C)(C)c1cc(NC2CCCC3CCCNC32)c(O)c(C(C)(C)C)c1.